The van der Waals surface area contributed by atoms with Gasteiger partial charge >= 0.3 is 0 Å². The van der Waals surface area contributed by atoms with E-state index < -0.39 is 18.5 Å². The van der Waals surface area contributed by atoms with Gasteiger partial charge in [-0.15, -0.1) is 0 Å². The fourth-order valence-corrected chi connectivity index (χ4v) is 0.766. The van der Waals surface area contributed by atoms with Gasteiger partial charge in [-0.25, -0.2) is 10.4 Å². The van der Waals surface area contributed by atoms with Crippen molar-refractivity contribution in [3.05, 3.63) is 0 Å². The molecule has 0 heterocycles. The van der Waals surface area contributed by atoms with Gasteiger partial charge in [-0.1, -0.05) is 0 Å². The van der Waals surface area contributed by atoms with Gasteiger partial charge < -0.3 is 21.1 Å². The van der Waals surface area contributed by atoms with Crippen LogP contribution < -0.4 is 11.2 Å². The number of nitrogens with zero attached hydrogens (tertiary/aromatic N) is 1. The summed E-state index contributed by atoms with van der Waals surface area (Å²) in [4.78, 5) is 0. The van der Waals surface area contributed by atoms with Crippen molar-refractivity contribution >= 4 is 0 Å². The van der Waals surface area contributed by atoms with Gasteiger partial charge in [0.25, 0.3) is 0 Å². The largest absolute Gasteiger partial charge is 0.395 e. The van der Waals surface area contributed by atoms with E-state index in [0.29, 0.717) is 0 Å². The summed E-state index contributed by atoms with van der Waals surface area (Å²) in [5, 5.41) is 28.2. The molecule has 0 aromatic rings. The number of hydrogen-bond donors (Lipinski definition) is 5. The summed E-state index contributed by atoms with van der Waals surface area (Å²) < 4.78 is 0. The van der Waals surface area contributed by atoms with Gasteiger partial charge in [0.2, 0.25) is 0 Å². The predicted molar refractivity (Wildman–Crippen MR) is 48.3 cm³/mol. The van der Waals surface area contributed by atoms with Gasteiger partial charge in [-0.2, -0.15) is 0 Å². The maximum Gasteiger partial charge on any atom is 0.117 e. The molecule has 80 valence electrons. The number of nitrogens with one attached hydrogen (secondary N) is 1. The number of aliphatic hydroxyl groups is 3. The minimum absolute atomic E-state index is 0.0928. The van der Waals surface area contributed by atoms with E-state index in [4.69, 9.17) is 15.9 Å². The van der Waals surface area contributed by atoms with Gasteiger partial charge in [-0.05, 0) is 13.8 Å². The van der Waals surface area contributed by atoms with E-state index in [9.17, 15) is 5.11 Å². The Bertz CT molecular complexity index is 132. The molecule has 0 aromatic heterocycles. The fraction of sp³-hybridized carbons (Fsp3) is 1.00. The Hall–Kier alpha value is -0.240. The third-order valence-corrected chi connectivity index (χ3v) is 1.63. The zero-order chi connectivity index (χ0) is 10.4. The van der Waals surface area contributed by atoms with Crippen LogP contribution in [0.3, 0.4) is 0 Å². The van der Waals surface area contributed by atoms with Crippen LogP contribution in [0.4, 0.5) is 0 Å². The van der Waals surface area contributed by atoms with Crippen LogP contribution in [0.5, 0.6) is 0 Å². The zero-order valence-corrected chi connectivity index (χ0v) is 8.01. The SMILES string of the molecule is CC(O)C(N)NN(CCO)C(C)O. The molecule has 0 rings (SSSR count). The number of nitrogens with two attached hydrogens (primary N) is 1. The molecule has 0 aliphatic carbocycles. The maximum absolute atomic E-state index is 9.19. The molecule has 3 unspecified atom stereocenters. The number of hydrogen-bond acceptors (Lipinski definition) is 6. The lowest BCUT2D eigenvalue weighted by molar-refractivity contribution is -0.0498. The van der Waals surface area contributed by atoms with E-state index in [1.807, 2.05) is 0 Å². The van der Waals surface area contributed by atoms with Crippen LogP contribution in [-0.2, 0) is 0 Å². The summed E-state index contributed by atoms with van der Waals surface area (Å²) >= 11 is 0. The Morgan fingerprint density at radius 2 is 1.92 bits per heavy atom. The van der Waals surface area contributed by atoms with E-state index in [1.54, 1.807) is 0 Å². The molecule has 0 amide bonds. The van der Waals surface area contributed by atoms with Gasteiger partial charge in [0.15, 0.2) is 0 Å². The highest BCUT2D eigenvalue weighted by Crippen LogP contribution is 1.92. The molecule has 0 aliphatic rings. The Morgan fingerprint density at radius 1 is 1.38 bits per heavy atom. The first-order chi connectivity index (χ1) is 5.99. The van der Waals surface area contributed by atoms with Crippen LogP contribution >= 0.6 is 0 Å². The zero-order valence-electron chi connectivity index (χ0n) is 8.01. The third kappa shape index (κ3) is 5.14. The predicted octanol–water partition coefficient (Wildman–Crippen LogP) is -2.21. The van der Waals surface area contributed by atoms with E-state index >= 15 is 0 Å². The number of aliphatic hydroxyl groups excluding tert-OH is 3. The average molecular weight is 193 g/mol. The van der Waals surface area contributed by atoms with E-state index in [-0.39, 0.29) is 13.2 Å². The van der Waals surface area contributed by atoms with E-state index in [2.05, 4.69) is 5.43 Å². The minimum Gasteiger partial charge on any atom is -0.395 e. The van der Waals surface area contributed by atoms with Gasteiger partial charge in [0.05, 0.1) is 18.9 Å². The summed E-state index contributed by atoms with van der Waals surface area (Å²) in [7, 11) is 0. The highest BCUT2D eigenvalue weighted by molar-refractivity contribution is 4.64. The second-order valence-electron chi connectivity index (χ2n) is 2.94. The molecule has 0 bridgehead atoms. The van der Waals surface area contributed by atoms with Crippen molar-refractivity contribution in [1.82, 2.24) is 10.4 Å². The standard InChI is InChI=1S/C7H19N3O3/c1-5(12)7(8)9-10(3-4-11)6(2)13/h5-7,9,11-13H,3-4,8H2,1-2H3. The Balaban J connectivity index is 3.94. The molecule has 0 aliphatic heterocycles. The molecule has 0 radical (unpaired) electrons. The summed E-state index contributed by atoms with van der Waals surface area (Å²) in [6.45, 7) is 3.23. The molecular weight excluding hydrogens is 174 g/mol. The van der Waals surface area contributed by atoms with Crippen molar-refractivity contribution in [2.75, 3.05) is 13.2 Å². The second-order valence-corrected chi connectivity index (χ2v) is 2.94. The Kier molecular flexibility index (Phi) is 6.13. The number of hydrazine groups is 1. The first kappa shape index (κ1) is 12.8. The molecule has 0 spiro atoms. The lowest BCUT2D eigenvalue weighted by Gasteiger charge is -2.29. The molecule has 6 nitrogen and oxygen atoms in total. The van der Waals surface area contributed by atoms with Crippen LogP contribution in [0.25, 0.3) is 0 Å². The number of rotatable bonds is 6. The second kappa shape index (κ2) is 6.25. The summed E-state index contributed by atoms with van der Waals surface area (Å²) in [6.07, 6.45) is -2.14. The third-order valence-electron chi connectivity index (χ3n) is 1.63. The molecular formula is C7H19N3O3. The summed E-state index contributed by atoms with van der Waals surface area (Å²) in [5.41, 5.74) is 8.16. The highest BCUT2D eigenvalue weighted by Gasteiger charge is 2.16. The topological polar surface area (TPSA) is 102 Å². The van der Waals surface area contributed by atoms with Gasteiger partial charge in [-0.3, -0.25) is 0 Å². The molecule has 13 heavy (non-hydrogen) atoms. The Morgan fingerprint density at radius 3 is 2.23 bits per heavy atom. The van der Waals surface area contributed by atoms with Gasteiger partial charge in [0, 0.05) is 6.54 Å². The minimum atomic E-state index is -0.767. The van der Waals surface area contributed by atoms with Crippen molar-refractivity contribution in [3.63, 3.8) is 0 Å². The summed E-state index contributed by atoms with van der Waals surface area (Å²) in [5.74, 6) is 0. The van der Waals surface area contributed by atoms with Crippen LogP contribution in [0.1, 0.15) is 13.8 Å². The lowest BCUT2D eigenvalue weighted by Crippen LogP contribution is -2.57. The summed E-state index contributed by atoms with van der Waals surface area (Å²) in [6, 6.07) is 0. The molecule has 0 saturated carbocycles. The van der Waals surface area contributed by atoms with Crippen molar-refractivity contribution in [1.29, 1.82) is 0 Å². The first-order valence-corrected chi connectivity index (χ1v) is 4.24. The molecule has 0 fully saturated rings. The van der Waals surface area contributed by atoms with E-state index in [1.165, 1.54) is 18.9 Å². The van der Waals surface area contributed by atoms with Crippen LogP contribution in [0.2, 0.25) is 0 Å². The van der Waals surface area contributed by atoms with Crippen molar-refractivity contribution in [2.24, 2.45) is 5.73 Å². The monoisotopic (exact) mass is 193 g/mol. The molecule has 0 aromatic carbocycles. The quantitative estimate of drug-likeness (QED) is 0.242. The Labute approximate surface area is 77.9 Å². The van der Waals surface area contributed by atoms with Gasteiger partial charge in [0.1, 0.15) is 6.23 Å². The maximum atomic E-state index is 9.19. The normalized spacial score (nSPS) is 18.7. The van der Waals surface area contributed by atoms with Crippen molar-refractivity contribution in [2.45, 2.75) is 32.3 Å². The molecule has 3 atom stereocenters. The molecule has 6 heteroatoms. The van der Waals surface area contributed by atoms with E-state index in [0.717, 1.165) is 0 Å². The first-order valence-electron chi connectivity index (χ1n) is 4.24. The fourth-order valence-electron chi connectivity index (χ4n) is 0.766. The van der Waals surface area contributed by atoms with Crippen molar-refractivity contribution in [3.8, 4) is 0 Å². The van der Waals surface area contributed by atoms with Crippen molar-refractivity contribution < 1.29 is 15.3 Å². The smallest absolute Gasteiger partial charge is 0.117 e. The van der Waals surface area contributed by atoms with Crippen LogP contribution in [0, 0.1) is 0 Å². The molecule has 0 saturated heterocycles. The highest BCUT2D eigenvalue weighted by atomic mass is 16.3. The molecule has 6 N–H and O–H groups in total. The van der Waals surface area contributed by atoms with Crippen LogP contribution in [0.15, 0.2) is 0 Å². The van der Waals surface area contributed by atoms with Crippen LogP contribution in [-0.4, -0.2) is 52.0 Å². The lowest BCUT2D eigenvalue weighted by atomic mass is 10.3. The average Bonchev–Trinajstić information content (AvgIpc) is 2.03.